The number of aromatic nitrogens is 4. The number of rotatable bonds is 2. The Morgan fingerprint density at radius 1 is 1.27 bits per heavy atom. The van der Waals surface area contributed by atoms with Crippen molar-refractivity contribution in [2.75, 3.05) is 25.1 Å². The molecule has 3 aromatic rings. The van der Waals surface area contributed by atoms with Crippen molar-refractivity contribution >= 4 is 22.9 Å². The van der Waals surface area contributed by atoms with Crippen LogP contribution in [0.4, 0.5) is 18.9 Å². The van der Waals surface area contributed by atoms with Crippen LogP contribution in [-0.2, 0) is 0 Å². The number of halogens is 4. The highest BCUT2D eigenvalue weighted by Crippen LogP contribution is 2.39. The number of anilines is 1. The first-order valence-corrected chi connectivity index (χ1v) is 7.86. The highest BCUT2D eigenvalue weighted by Gasteiger charge is 2.31. The predicted octanol–water partition coefficient (Wildman–Crippen LogP) is 3.17. The Morgan fingerprint density at radius 2 is 2.08 bits per heavy atom. The summed E-state index contributed by atoms with van der Waals surface area (Å²) in [6, 6.07) is 5.41. The first kappa shape index (κ1) is 16.7. The molecule has 7 nitrogen and oxygen atoms in total. The molecule has 26 heavy (non-hydrogen) atoms. The summed E-state index contributed by atoms with van der Waals surface area (Å²) in [7, 11) is 1.85. The third-order valence-corrected chi connectivity index (χ3v) is 4.07. The number of hydrogen-bond donors (Lipinski definition) is 0. The molecule has 0 saturated heterocycles. The van der Waals surface area contributed by atoms with Crippen molar-refractivity contribution in [2.24, 2.45) is 0 Å². The van der Waals surface area contributed by atoms with Gasteiger partial charge in [-0.3, -0.25) is 0 Å². The van der Waals surface area contributed by atoms with E-state index in [1.165, 1.54) is 22.7 Å². The molecule has 136 valence electrons. The molecular weight excluding hydrogens is 375 g/mol. The maximum atomic E-state index is 12.4. The average Bonchev–Trinajstić information content (AvgIpc) is 2.97. The van der Waals surface area contributed by atoms with Crippen LogP contribution in [0.1, 0.15) is 0 Å². The Kier molecular flexibility index (Phi) is 3.79. The van der Waals surface area contributed by atoms with Crippen LogP contribution >= 0.6 is 11.6 Å². The SMILES string of the molecule is CN1CCOc2c(Cl)nn3c(-c4cccc(OC(F)(F)F)c4)nnc3c21. The molecule has 1 aliphatic heterocycles. The summed E-state index contributed by atoms with van der Waals surface area (Å²) in [4.78, 5) is 1.91. The average molecular weight is 386 g/mol. The summed E-state index contributed by atoms with van der Waals surface area (Å²) in [5.74, 6) is 0.272. The van der Waals surface area contributed by atoms with E-state index in [1.807, 2.05) is 11.9 Å². The largest absolute Gasteiger partial charge is 0.573 e. The van der Waals surface area contributed by atoms with Gasteiger partial charge in [-0.05, 0) is 12.1 Å². The number of alkyl halides is 3. The van der Waals surface area contributed by atoms with E-state index in [1.54, 1.807) is 6.07 Å². The van der Waals surface area contributed by atoms with E-state index >= 15 is 0 Å². The van der Waals surface area contributed by atoms with E-state index in [-0.39, 0.29) is 16.7 Å². The molecule has 0 N–H and O–H groups in total. The lowest BCUT2D eigenvalue weighted by molar-refractivity contribution is -0.274. The van der Waals surface area contributed by atoms with E-state index in [0.29, 0.717) is 35.8 Å². The van der Waals surface area contributed by atoms with Gasteiger partial charge < -0.3 is 14.4 Å². The summed E-state index contributed by atoms with van der Waals surface area (Å²) < 4.78 is 48.2. The molecule has 0 spiro atoms. The lowest BCUT2D eigenvalue weighted by Crippen LogP contribution is -2.30. The van der Waals surface area contributed by atoms with Crippen LogP contribution in [0.15, 0.2) is 24.3 Å². The molecule has 2 aromatic heterocycles. The van der Waals surface area contributed by atoms with Crippen LogP contribution < -0.4 is 14.4 Å². The van der Waals surface area contributed by atoms with Gasteiger partial charge in [0, 0.05) is 12.6 Å². The minimum absolute atomic E-state index is 0.114. The summed E-state index contributed by atoms with van der Waals surface area (Å²) in [6.07, 6.45) is -4.79. The summed E-state index contributed by atoms with van der Waals surface area (Å²) in [5, 5.41) is 12.5. The van der Waals surface area contributed by atoms with Crippen molar-refractivity contribution in [3.8, 4) is 22.9 Å². The molecule has 0 unspecified atom stereocenters. The zero-order valence-electron chi connectivity index (χ0n) is 13.3. The van der Waals surface area contributed by atoms with Gasteiger partial charge in [-0.2, -0.15) is 4.52 Å². The topological polar surface area (TPSA) is 64.8 Å². The zero-order chi connectivity index (χ0) is 18.5. The Balaban J connectivity index is 1.85. The number of ether oxygens (including phenoxy) is 2. The second-order valence-corrected chi connectivity index (χ2v) is 5.93. The minimum Gasteiger partial charge on any atom is -0.486 e. The molecule has 0 atom stereocenters. The van der Waals surface area contributed by atoms with Gasteiger partial charge in [0.15, 0.2) is 16.7 Å². The monoisotopic (exact) mass is 385 g/mol. The van der Waals surface area contributed by atoms with Crippen LogP contribution in [-0.4, -0.2) is 46.4 Å². The molecule has 0 saturated carbocycles. The lowest BCUT2D eigenvalue weighted by atomic mass is 10.2. The second kappa shape index (κ2) is 5.90. The molecule has 1 aromatic carbocycles. The van der Waals surface area contributed by atoms with Gasteiger partial charge in [0.25, 0.3) is 0 Å². The molecule has 3 heterocycles. The number of likely N-dealkylation sites (N-methyl/N-ethyl adjacent to an activating group) is 1. The fourth-order valence-electron chi connectivity index (χ4n) is 2.74. The van der Waals surface area contributed by atoms with Crippen molar-refractivity contribution in [1.29, 1.82) is 0 Å². The first-order chi connectivity index (χ1) is 12.3. The predicted molar refractivity (Wildman–Crippen MR) is 86.7 cm³/mol. The van der Waals surface area contributed by atoms with Crippen LogP contribution in [0.3, 0.4) is 0 Å². The van der Waals surface area contributed by atoms with E-state index in [4.69, 9.17) is 16.3 Å². The molecule has 0 fully saturated rings. The highest BCUT2D eigenvalue weighted by molar-refractivity contribution is 6.31. The fraction of sp³-hybridized carbons (Fsp3) is 0.267. The van der Waals surface area contributed by atoms with Crippen molar-refractivity contribution in [2.45, 2.75) is 6.36 Å². The minimum atomic E-state index is -4.79. The molecule has 0 radical (unpaired) electrons. The number of benzene rings is 1. The molecule has 11 heteroatoms. The number of fused-ring (bicyclic) bond motifs is 3. The first-order valence-electron chi connectivity index (χ1n) is 7.48. The molecule has 1 aliphatic rings. The Bertz CT molecular complexity index is 991. The van der Waals surface area contributed by atoms with Crippen molar-refractivity contribution in [3.05, 3.63) is 29.4 Å². The summed E-state index contributed by atoms with van der Waals surface area (Å²) in [6.45, 7) is 1.08. The van der Waals surface area contributed by atoms with Crippen molar-refractivity contribution in [3.63, 3.8) is 0 Å². The summed E-state index contributed by atoms with van der Waals surface area (Å²) >= 11 is 6.21. The maximum Gasteiger partial charge on any atom is 0.573 e. The van der Waals surface area contributed by atoms with Crippen LogP contribution in [0.25, 0.3) is 17.0 Å². The summed E-state index contributed by atoms with van der Waals surface area (Å²) in [5.41, 5.74) is 1.36. The van der Waals surface area contributed by atoms with Gasteiger partial charge in [-0.1, -0.05) is 23.7 Å². The van der Waals surface area contributed by atoms with Gasteiger partial charge in [0.2, 0.25) is 5.65 Å². The van der Waals surface area contributed by atoms with Crippen LogP contribution in [0, 0.1) is 0 Å². The zero-order valence-corrected chi connectivity index (χ0v) is 14.0. The second-order valence-electron chi connectivity index (χ2n) is 5.57. The van der Waals surface area contributed by atoms with Crippen molar-refractivity contribution in [1.82, 2.24) is 19.8 Å². The smallest absolute Gasteiger partial charge is 0.486 e. The lowest BCUT2D eigenvalue weighted by Gasteiger charge is -2.27. The number of nitrogens with zero attached hydrogens (tertiary/aromatic N) is 5. The maximum absolute atomic E-state index is 12.4. The quantitative estimate of drug-likeness (QED) is 0.675. The van der Waals surface area contributed by atoms with E-state index in [0.717, 1.165) is 0 Å². The van der Waals surface area contributed by atoms with Gasteiger partial charge in [0.05, 0.1) is 6.54 Å². The number of hydrogen-bond acceptors (Lipinski definition) is 6. The van der Waals surface area contributed by atoms with Gasteiger partial charge in [-0.25, -0.2) is 0 Å². The Hall–Kier alpha value is -2.75. The van der Waals surface area contributed by atoms with Gasteiger partial charge in [0.1, 0.15) is 18.0 Å². The molecule has 0 bridgehead atoms. The van der Waals surface area contributed by atoms with Crippen molar-refractivity contribution < 1.29 is 22.6 Å². The normalized spacial score (nSPS) is 14.3. The van der Waals surface area contributed by atoms with E-state index in [2.05, 4.69) is 20.0 Å². The van der Waals surface area contributed by atoms with Gasteiger partial charge >= 0.3 is 6.36 Å². The highest BCUT2D eigenvalue weighted by atomic mass is 35.5. The third kappa shape index (κ3) is 2.85. The molecule has 0 amide bonds. The van der Waals surface area contributed by atoms with Crippen LogP contribution in [0.2, 0.25) is 5.15 Å². The molecular formula is C15H11ClF3N5O2. The fourth-order valence-corrected chi connectivity index (χ4v) is 2.95. The van der Waals surface area contributed by atoms with E-state index < -0.39 is 6.36 Å². The molecule has 0 aliphatic carbocycles. The van der Waals surface area contributed by atoms with Gasteiger partial charge in [-0.15, -0.1) is 28.5 Å². The standard InChI is InChI=1S/C15H11ClF3N5O2/c1-23-5-6-25-11-10(23)14-21-20-13(24(14)22-12(11)16)8-3-2-4-9(7-8)26-15(17,18)19/h2-4,7H,5-6H2,1H3. The van der Waals surface area contributed by atoms with Crippen LogP contribution in [0.5, 0.6) is 11.5 Å². The third-order valence-electron chi connectivity index (χ3n) is 3.82. The Labute approximate surface area is 149 Å². The Morgan fingerprint density at radius 3 is 2.85 bits per heavy atom. The van der Waals surface area contributed by atoms with E-state index in [9.17, 15) is 13.2 Å². The molecule has 4 rings (SSSR count).